The molecule has 0 bridgehead atoms. The molecule has 0 saturated carbocycles. The molecule has 1 aromatic heterocycles. The van der Waals surface area contributed by atoms with E-state index >= 15 is 0 Å². The van der Waals surface area contributed by atoms with Crippen molar-refractivity contribution in [2.45, 2.75) is 13.8 Å². The second-order valence-corrected chi connectivity index (χ2v) is 4.03. The molecule has 1 aromatic carbocycles. The third-order valence-electron chi connectivity index (χ3n) is 2.67. The number of rotatable bonds is 3. The molecule has 1 heterocycles. The summed E-state index contributed by atoms with van der Waals surface area (Å²) in [5.41, 5.74) is 2.44. The van der Waals surface area contributed by atoms with Crippen LogP contribution in [0.15, 0.2) is 24.3 Å². The molecular weight excluding hydrogens is 232 g/mol. The van der Waals surface area contributed by atoms with Crippen LogP contribution >= 0.6 is 0 Å². The Kier molecular flexibility index (Phi) is 3.06. The standard InChI is InChI=1S/C13H14N2O3/c1-8-6-9(2)15(14-8)12-5-4-10(18-3)7-11(12)13(16)17/h4-7H,1-3H3,(H,16,17). The van der Waals surface area contributed by atoms with Gasteiger partial charge in [-0.3, -0.25) is 0 Å². The van der Waals surface area contributed by atoms with E-state index in [1.807, 2.05) is 19.9 Å². The summed E-state index contributed by atoms with van der Waals surface area (Å²) < 4.78 is 6.66. The first-order valence-electron chi connectivity index (χ1n) is 5.48. The largest absolute Gasteiger partial charge is 0.497 e. The van der Waals surface area contributed by atoms with Crippen LogP contribution in [0.5, 0.6) is 5.75 Å². The molecule has 94 valence electrons. The Balaban J connectivity index is 2.63. The van der Waals surface area contributed by atoms with Crippen LogP contribution in [0, 0.1) is 13.8 Å². The Bertz CT molecular complexity index is 602. The molecule has 0 saturated heterocycles. The number of aromatic nitrogens is 2. The zero-order valence-electron chi connectivity index (χ0n) is 10.5. The van der Waals surface area contributed by atoms with Crippen LogP contribution in [0.3, 0.4) is 0 Å². The van der Waals surface area contributed by atoms with E-state index in [1.165, 1.54) is 13.2 Å². The summed E-state index contributed by atoms with van der Waals surface area (Å²) >= 11 is 0. The molecular formula is C13H14N2O3. The summed E-state index contributed by atoms with van der Waals surface area (Å²) in [7, 11) is 1.50. The second-order valence-electron chi connectivity index (χ2n) is 4.03. The number of carboxylic acid groups (broad SMARTS) is 1. The van der Waals surface area contributed by atoms with E-state index in [-0.39, 0.29) is 5.56 Å². The molecule has 0 unspecified atom stereocenters. The third kappa shape index (κ3) is 2.07. The fourth-order valence-electron chi connectivity index (χ4n) is 1.87. The maximum absolute atomic E-state index is 11.3. The van der Waals surface area contributed by atoms with Crippen molar-refractivity contribution in [1.29, 1.82) is 0 Å². The summed E-state index contributed by atoms with van der Waals surface area (Å²) in [4.78, 5) is 11.3. The van der Waals surface area contributed by atoms with Crippen molar-refractivity contribution < 1.29 is 14.6 Å². The van der Waals surface area contributed by atoms with Gasteiger partial charge < -0.3 is 9.84 Å². The van der Waals surface area contributed by atoms with Gasteiger partial charge >= 0.3 is 5.97 Å². The molecule has 0 amide bonds. The van der Waals surface area contributed by atoms with E-state index in [0.717, 1.165) is 11.4 Å². The monoisotopic (exact) mass is 246 g/mol. The van der Waals surface area contributed by atoms with Gasteiger partial charge in [-0.15, -0.1) is 0 Å². The molecule has 0 atom stereocenters. The summed E-state index contributed by atoms with van der Waals surface area (Å²) in [6, 6.07) is 6.81. The van der Waals surface area contributed by atoms with E-state index < -0.39 is 5.97 Å². The van der Waals surface area contributed by atoms with Crippen molar-refractivity contribution in [2.24, 2.45) is 0 Å². The van der Waals surface area contributed by atoms with Crippen molar-refractivity contribution in [1.82, 2.24) is 9.78 Å². The first-order valence-corrected chi connectivity index (χ1v) is 5.48. The Labute approximate surface area is 105 Å². The van der Waals surface area contributed by atoms with Crippen LogP contribution in [0.1, 0.15) is 21.7 Å². The third-order valence-corrected chi connectivity index (χ3v) is 2.67. The van der Waals surface area contributed by atoms with Crippen LogP contribution in [-0.2, 0) is 0 Å². The van der Waals surface area contributed by atoms with Crippen LogP contribution < -0.4 is 4.74 Å². The van der Waals surface area contributed by atoms with Crippen molar-refractivity contribution in [3.63, 3.8) is 0 Å². The number of aryl methyl sites for hydroxylation is 2. The molecule has 0 spiro atoms. The highest BCUT2D eigenvalue weighted by atomic mass is 16.5. The molecule has 2 rings (SSSR count). The van der Waals surface area contributed by atoms with Gasteiger partial charge in [0.25, 0.3) is 0 Å². The molecule has 1 N–H and O–H groups in total. The molecule has 18 heavy (non-hydrogen) atoms. The first-order chi connectivity index (χ1) is 8.52. The highest BCUT2D eigenvalue weighted by molar-refractivity contribution is 5.92. The minimum atomic E-state index is -1.00. The number of aromatic carboxylic acids is 1. The average Bonchev–Trinajstić information content (AvgIpc) is 2.67. The second kappa shape index (κ2) is 4.52. The Morgan fingerprint density at radius 1 is 1.33 bits per heavy atom. The Morgan fingerprint density at radius 3 is 2.56 bits per heavy atom. The maximum atomic E-state index is 11.3. The van der Waals surface area contributed by atoms with E-state index in [2.05, 4.69) is 5.10 Å². The molecule has 0 aliphatic carbocycles. The summed E-state index contributed by atoms with van der Waals surface area (Å²) in [6.45, 7) is 3.75. The van der Waals surface area contributed by atoms with Crippen LogP contribution in [0.2, 0.25) is 0 Å². The van der Waals surface area contributed by atoms with Crippen molar-refractivity contribution in [2.75, 3.05) is 7.11 Å². The number of methoxy groups -OCH3 is 1. The minimum Gasteiger partial charge on any atom is -0.497 e. The lowest BCUT2D eigenvalue weighted by atomic mass is 10.1. The van der Waals surface area contributed by atoms with Crippen molar-refractivity contribution >= 4 is 5.97 Å². The Hall–Kier alpha value is -2.30. The Morgan fingerprint density at radius 2 is 2.06 bits per heavy atom. The number of carboxylic acids is 1. The number of ether oxygens (including phenoxy) is 1. The lowest BCUT2D eigenvalue weighted by Gasteiger charge is -2.10. The van der Waals surface area contributed by atoms with E-state index in [1.54, 1.807) is 16.8 Å². The predicted molar refractivity (Wildman–Crippen MR) is 66.5 cm³/mol. The topological polar surface area (TPSA) is 64.4 Å². The summed E-state index contributed by atoms with van der Waals surface area (Å²) in [5, 5.41) is 13.5. The van der Waals surface area contributed by atoms with Gasteiger partial charge in [0, 0.05) is 5.69 Å². The first kappa shape index (κ1) is 12.2. The highest BCUT2D eigenvalue weighted by Gasteiger charge is 2.15. The smallest absolute Gasteiger partial charge is 0.338 e. The van der Waals surface area contributed by atoms with Crippen molar-refractivity contribution in [3.05, 3.63) is 41.2 Å². The molecule has 0 fully saturated rings. The van der Waals surface area contributed by atoms with Gasteiger partial charge in [0.2, 0.25) is 0 Å². The van der Waals surface area contributed by atoms with E-state index in [9.17, 15) is 9.90 Å². The van der Waals surface area contributed by atoms with Crippen LogP contribution in [0.25, 0.3) is 5.69 Å². The minimum absolute atomic E-state index is 0.167. The fourth-order valence-corrected chi connectivity index (χ4v) is 1.87. The zero-order chi connectivity index (χ0) is 13.3. The van der Waals surface area contributed by atoms with Gasteiger partial charge in [-0.1, -0.05) is 0 Å². The predicted octanol–water partition coefficient (Wildman–Crippen LogP) is 2.20. The normalized spacial score (nSPS) is 10.4. The number of benzene rings is 1. The van der Waals surface area contributed by atoms with Crippen molar-refractivity contribution in [3.8, 4) is 11.4 Å². The summed E-state index contributed by atoms with van der Waals surface area (Å²) in [5.74, 6) is -0.492. The fraction of sp³-hybridized carbons (Fsp3) is 0.231. The number of hydrogen-bond donors (Lipinski definition) is 1. The van der Waals surface area contributed by atoms with Gasteiger partial charge in [-0.05, 0) is 38.1 Å². The van der Waals surface area contributed by atoms with Gasteiger partial charge in [0.15, 0.2) is 0 Å². The van der Waals surface area contributed by atoms with Crippen LogP contribution in [0.4, 0.5) is 0 Å². The maximum Gasteiger partial charge on any atom is 0.338 e. The average molecular weight is 246 g/mol. The van der Waals surface area contributed by atoms with Gasteiger partial charge in [0.1, 0.15) is 5.75 Å². The van der Waals surface area contributed by atoms with Gasteiger partial charge in [-0.25, -0.2) is 9.48 Å². The molecule has 5 nitrogen and oxygen atoms in total. The molecule has 2 aromatic rings. The SMILES string of the molecule is COc1ccc(-n2nc(C)cc2C)c(C(=O)O)c1. The summed E-state index contributed by atoms with van der Waals surface area (Å²) in [6.07, 6.45) is 0. The van der Waals surface area contributed by atoms with E-state index in [4.69, 9.17) is 4.74 Å². The van der Waals surface area contributed by atoms with Gasteiger partial charge in [-0.2, -0.15) is 5.10 Å². The lowest BCUT2D eigenvalue weighted by Crippen LogP contribution is -2.08. The highest BCUT2D eigenvalue weighted by Crippen LogP contribution is 2.22. The molecule has 5 heteroatoms. The zero-order valence-corrected chi connectivity index (χ0v) is 10.5. The quantitative estimate of drug-likeness (QED) is 0.901. The number of carbonyl (C=O) groups is 1. The molecule has 0 aliphatic rings. The molecule has 0 radical (unpaired) electrons. The number of hydrogen-bond acceptors (Lipinski definition) is 3. The molecule has 0 aliphatic heterocycles. The van der Waals surface area contributed by atoms with Gasteiger partial charge in [0.05, 0.1) is 24.1 Å². The van der Waals surface area contributed by atoms with E-state index in [0.29, 0.717) is 11.4 Å². The number of nitrogens with zero attached hydrogens (tertiary/aromatic N) is 2. The lowest BCUT2D eigenvalue weighted by molar-refractivity contribution is 0.0696. The van der Waals surface area contributed by atoms with Crippen LogP contribution in [-0.4, -0.2) is 28.0 Å².